The van der Waals surface area contributed by atoms with Crippen molar-refractivity contribution in [2.75, 3.05) is 26.2 Å². The Morgan fingerprint density at radius 2 is 1.52 bits per heavy atom. The first-order chi connectivity index (χ1) is 11.5. The number of nitrogens with zero attached hydrogens (tertiary/aromatic N) is 2. The molecule has 1 heterocycles. The van der Waals surface area contributed by atoms with Crippen molar-refractivity contribution in [3.63, 3.8) is 0 Å². The predicted molar refractivity (Wildman–Crippen MR) is 94.7 cm³/mol. The largest absolute Gasteiger partial charge is 0.347 e. The van der Waals surface area contributed by atoms with Crippen LogP contribution in [0, 0.1) is 0 Å². The summed E-state index contributed by atoms with van der Waals surface area (Å²) in [7, 11) is -3.63. The van der Waals surface area contributed by atoms with Gasteiger partial charge >= 0.3 is 0 Å². The van der Waals surface area contributed by atoms with Gasteiger partial charge in [0.25, 0.3) is 5.91 Å². The SMILES string of the molecule is CC(=O)N1CCN(S(=O)(=O)c2ccc(C(=O)NC(C)(C)C)cc2)CC1. The number of carbonyl (C=O) groups is 2. The summed E-state index contributed by atoms with van der Waals surface area (Å²) in [5.74, 6) is -0.294. The van der Waals surface area contributed by atoms with E-state index < -0.39 is 10.0 Å². The predicted octanol–water partition coefficient (Wildman–Crippen LogP) is 1.07. The highest BCUT2D eigenvalue weighted by Crippen LogP contribution is 2.18. The Balaban J connectivity index is 2.11. The molecule has 1 saturated heterocycles. The van der Waals surface area contributed by atoms with E-state index in [-0.39, 0.29) is 35.3 Å². The summed E-state index contributed by atoms with van der Waals surface area (Å²) >= 11 is 0. The van der Waals surface area contributed by atoms with Crippen molar-refractivity contribution in [3.8, 4) is 0 Å². The standard InChI is InChI=1S/C17H25N3O4S/c1-13(21)19-9-11-20(12-10-19)25(23,24)15-7-5-14(6-8-15)16(22)18-17(2,3)4/h5-8H,9-12H2,1-4H3,(H,18,22). The Bertz CT molecular complexity index is 743. The second-order valence-electron chi connectivity index (χ2n) is 7.14. The third kappa shape index (κ3) is 4.79. The molecule has 7 nitrogen and oxygen atoms in total. The van der Waals surface area contributed by atoms with E-state index >= 15 is 0 Å². The summed E-state index contributed by atoms with van der Waals surface area (Å²) in [5, 5.41) is 2.84. The van der Waals surface area contributed by atoms with Gasteiger partial charge in [-0.2, -0.15) is 4.31 Å². The van der Waals surface area contributed by atoms with Gasteiger partial charge in [-0.1, -0.05) is 0 Å². The van der Waals surface area contributed by atoms with Gasteiger partial charge in [0.2, 0.25) is 15.9 Å². The minimum absolute atomic E-state index is 0.0498. The molecule has 8 heteroatoms. The van der Waals surface area contributed by atoms with Gasteiger partial charge in [-0.15, -0.1) is 0 Å². The molecule has 1 fully saturated rings. The van der Waals surface area contributed by atoms with E-state index in [9.17, 15) is 18.0 Å². The van der Waals surface area contributed by atoms with Crippen LogP contribution in [0.15, 0.2) is 29.2 Å². The second kappa shape index (κ2) is 7.13. The molecule has 0 saturated carbocycles. The van der Waals surface area contributed by atoms with Crippen LogP contribution in [0.4, 0.5) is 0 Å². The molecule has 2 amide bonds. The Morgan fingerprint density at radius 3 is 1.96 bits per heavy atom. The third-order valence-corrected chi connectivity index (χ3v) is 5.84. The third-order valence-electron chi connectivity index (χ3n) is 3.93. The zero-order chi connectivity index (χ0) is 18.8. The maximum absolute atomic E-state index is 12.7. The number of hydrogen-bond donors (Lipinski definition) is 1. The van der Waals surface area contributed by atoms with Gasteiger partial charge in [-0.05, 0) is 45.0 Å². The molecule has 0 unspecified atom stereocenters. The Kier molecular flexibility index (Phi) is 5.53. The van der Waals surface area contributed by atoms with Crippen LogP contribution in [-0.4, -0.2) is 61.2 Å². The van der Waals surface area contributed by atoms with Gasteiger partial charge < -0.3 is 10.2 Å². The topological polar surface area (TPSA) is 86.8 Å². The Morgan fingerprint density at radius 1 is 1.00 bits per heavy atom. The van der Waals surface area contributed by atoms with Crippen LogP contribution < -0.4 is 5.32 Å². The smallest absolute Gasteiger partial charge is 0.251 e. The molecule has 0 aliphatic carbocycles. The maximum atomic E-state index is 12.7. The fourth-order valence-electron chi connectivity index (χ4n) is 2.58. The lowest BCUT2D eigenvalue weighted by Gasteiger charge is -2.33. The van der Waals surface area contributed by atoms with E-state index in [1.54, 1.807) is 4.90 Å². The minimum Gasteiger partial charge on any atom is -0.347 e. The summed E-state index contributed by atoms with van der Waals surface area (Å²) in [6.45, 7) is 8.44. The molecule has 1 N–H and O–H groups in total. The zero-order valence-electron chi connectivity index (χ0n) is 15.1. The van der Waals surface area contributed by atoms with Crippen LogP contribution in [0.5, 0.6) is 0 Å². The molecular formula is C17H25N3O4S. The second-order valence-corrected chi connectivity index (χ2v) is 9.08. The molecule has 138 valence electrons. The first-order valence-corrected chi connectivity index (χ1v) is 9.63. The molecule has 0 radical (unpaired) electrons. The van der Waals surface area contributed by atoms with Gasteiger partial charge in [0, 0.05) is 44.2 Å². The zero-order valence-corrected chi connectivity index (χ0v) is 15.9. The number of rotatable bonds is 3. The minimum atomic E-state index is -3.63. The fraction of sp³-hybridized carbons (Fsp3) is 0.529. The molecule has 2 rings (SSSR count). The van der Waals surface area contributed by atoms with Gasteiger partial charge in [0.05, 0.1) is 4.90 Å². The summed E-state index contributed by atoms with van der Waals surface area (Å²) in [4.78, 5) is 25.2. The van der Waals surface area contributed by atoms with Crippen molar-refractivity contribution < 1.29 is 18.0 Å². The van der Waals surface area contributed by atoms with E-state index in [1.807, 2.05) is 20.8 Å². The van der Waals surface area contributed by atoms with Crippen LogP contribution in [0.25, 0.3) is 0 Å². The normalized spacial score (nSPS) is 16.6. The quantitative estimate of drug-likeness (QED) is 0.866. The van der Waals surface area contributed by atoms with Crippen molar-refractivity contribution in [1.29, 1.82) is 0 Å². The summed E-state index contributed by atoms with van der Waals surface area (Å²) in [6, 6.07) is 5.92. The molecule has 1 aliphatic heterocycles. The van der Waals surface area contributed by atoms with Crippen molar-refractivity contribution >= 4 is 21.8 Å². The number of piperazine rings is 1. The van der Waals surface area contributed by atoms with Gasteiger partial charge in [0.1, 0.15) is 0 Å². The van der Waals surface area contributed by atoms with Crippen molar-refractivity contribution in [3.05, 3.63) is 29.8 Å². The van der Waals surface area contributed by atoms with E-state index in [0.717, 1.165) is 0 Å². The number of hydrogen-bond acceptors (Lipinski definition) is 4. The highest BCUT2D eigenvalue weighted by atomic mass is 32.2. The maximum Gasteiger partial charge on any atom is 0.251 e. The monoisotopic (exact) mass is 367 g/mol. The number of nitrogens with one attached hydrogen (secondary N) is 1. The lowest BCUT2D eigenvalue weighted by atomic mass is 10.1. The van der Waals surface area contributed by atoms with Crippen molar-refractivity contribution in [1.82, 2.24) is 14.5 Å². The number of amides is 2. The molecule has 0 atom stereocenters. The number of benzene rings is 1. The van der Waals surface area contributed by atoms with Crippen LogP contribution in [0.1, 0.15) is 38.1 Å². The van der Waals surface area contributed by atoms with Crippen molar-refractivity contribution in [2.24, 2.45) is 0 Å². The molecule has 0 bridgehead atoms. The van der Waals surface area contributed by atoms with Crippen LogP contribution in [0.3, 0.4) is 0 Å². The van der Waals surface area contributed by atoms with E-state index in [2.05, 4.69) is 5.32 Å². The Labute approximate surface area is 149 Å². The van der Waals surface area contributed by atoms with E-state index in [0.29, 0.717) is 18.7 Å². The van der Waals surface area contributed by atoms with E-state index in [1.165, 1.54) is 35.5 Å². The van der Waals surface area contributed by atoms with Gasteiger partial charge in [0.15, 0.2) is 0 Å². The number of sulfonamides is 1. The molecule has 1 aromatic rings. The number of carbonyl (C=O) groups excluding carboxylic acids is 2. The van der Waals surface area contributed by atoms with Crippen LogP contribution >= 0.6 is 0 Å². The van der Waals surface area contributed by atoms with Gasteiger partial charge in [-0.3, -0.25) is 9.59 Å². The lowest BCUT2D eigenvalue weighted by Crippen LogP contribution is -2.49. The fourth-order valence-corrected chi connectivity index (χ4v) is 4.01. The highest BCUT2D eigenvalue weighted by Gasteiger charge is 2.29. The lowest BCUT2D eigenvalue weighted by molar-refractivity contribution is -0.129. The molecule has 0 aromatic heterocycles. The summed E-state index contributed by atoms with van der Waals surface area (Å²) < 4.78 is 26.8. The average Bonchev–Trinajstić information content (AvgIpc) is 2.53. The first kappa shape index (κ1) is 19.4. The van der Waals surface area contributed by atoms with Crippen molar-refractivity contribution in [2.45, 2.75) is 38.1 Å². The van der Waals surface area contributed by atoms with Gasteiger partial charge in [-0.25, -0.2) is 8.42 Å². The van der Waals surface area contributed by atoms with E-state index in [4.69, 9.17) is 0 Å². The Hall–Kier alpha value is -1.93. The van der Waals surface area contributed by atoms with Crippen LogP contribution in [0.2, 0.25) is 0 Å². The first-order valence-electron chi connectivity index (χ1n) is 8.19. The highest BCUT2D eigenvalue weighted by molar-refractivity contribution is 7.89. The molecule has 25 heavy (non-hydrogen) atoms. The molecular weight excluding hydrogens is 342 g/mol. The molecule has 1 aliphatic rings. The average molecular weight is 367 g/mol. The van der Waals surface area contributed by atoms with Crippen LogP contribution in [-0.2, 0) is 14.8 Å². The molecule has 1 aromatic carbocycles. The summed E-state index contributed by atoms with van der Waals surface area (Å²) in [5.41, 5.74) is 0.0494. The summed E-state index contributed by atoms with van der Waals surface area (Å²) in [6.07, 6.45) is 0. The molecule has 0 spiro atoms.